The number of ether oxygens (including phenoxy) is 1. The van der Waals surface area contributed by atoms with E-state index in [-0.39, 0.29) is 17.3 Å². The lowest BCUT2D eigenvalue weighted by Crippen LogP contribution is -2.12. The minimum atomic E-state index is -0.0537. The molecule has 1 aliphatic rings. The number of carbonyl (C=O) groups excluding carboxylic acids is 1. The van der Waals surface area contributed by atoms with E-state index in [1.807, 2.05) is 0 Å². The first-order valence-corrected chi connectivity index (χ1v) is 6.41. The summed E-state index contributed by atoms with van der Waals surface area (Å²) in [5, 5.41) is 0.708. The van der Waals surface area contributed by atoms with Crippen LogP contribution in [0.3, 0.4) is 0 Å². The van der Waals surface area contributed by atoms with Crippen molar-refractivity contribution in [3.63, 3.8) is 0 Å². The third-order valence-corrected chi connectivity index (χ3v) is 3.32. The Kier molecular flexibility index (Phi) is 3.99. The Morgan fingerprint density at radius 3 is 2.53 bits per heavy atom. The molecule has 1 saturated carbocycles. The van der Waals surface area contributed by atoms with Crippen molar-refractivity contribution in [2.75, 3.05) is 11.9 Å². The predicted octanol–water partition coefficient (Wildman–Crippen LogP) is 3.16. The Morgan fingerprint density at radius 2 is 2.07 bits per heavy atom. The van der Waals surface area contributed by atoms with Crippen LogP contribution in [0.1, 0.15) is 27.7 Å². The summed E-state index contributed by atoms with van der Waals surface area (Å²) in [4.78, 5) is 11.7. The van der Waals surface area contributed by atoms with E-state index in [1.165, 1.54) is 5.57 Å². The number of rotatable bonds is 4. The highest BCUT2D eigenvalue weighted by atomic mass is 79.9. The molecule has 0 unspecified atom stereocenters. The number of halogens is 1. The minimum absolute atomic E-state index is 0.0476. The van der Waals surface area contributed by atoms with E-state index in [1.54, 1.807) is 0 Å². The molecule has 15 heavy (non-hydrogen) atoms. The minimum Gasteiger partial charge on any atom is -0.465 e. The van der Waals surface area contributed by atoms with E-state index < -0.39 is 0 Å². The van der Waals surface area contributed by atoms with Gasteiger partial charge in [0.05, 0.1) is 5.92 Å². The first kappa shape index (κ1) is 12.8. The summed E-state index contributed by atoms with van der Waals surface area (Å²) in [6, 6.07) is 0. The quantitative estimate of drug-likeness (QED) is 0.447. The highest BCUT2D eigenvalue weighted by Gasteiger charge is 2.61. The summed E-state index contributed by atoms with van der Waals surface area (Å²) in [6.45, 7) is 8.84. The van der Waals surface area contributed by atoms with Crippen molar-refractivity contribution in [1.82, 2.24) is 0 Å². The van der Waals surface area contributed by atoms with Crippen LogP contribution in [0.4, 0.5) is 0 Å². The van der Waals surface area contributed by atoms with Gasteiger partial charge in [0.1, 0.15) is 6.61 Å². The van der Waals surface area contributed by atoms with Crippen LogP contribution in [0.25, 0.3) is 0 Å². The van der Waals surface area contributed by atoms with Gasteiger partial charge in [-0.15, -0.1) is 0 Å². The molecule has 0 amide bonds. The molecule has 0 saturated heterocycles. The molecule has 1 rings (SSSR count). The normalized spacial score (nSPS) is 27.0. The monoisotopic (exact) mass is 274 g/mol. The van der Waals surface area contributed by atoms with Crippen LogP contribution in [-0.4, -0.2) is 17.9 Å². The van der Waals surface area contributed by atoms with Crippen molar-refractivity contribution in [3.05, 3.63) is 11.6 Å². The van der Waals surface area contributed by atoms with Crippen molar-refractivity contribution >= 4 is 21.9 Å². The van der Waals surface area contributed by atoms with Crippen LogP contribution in [-0.2, 0) is 9.53 Å². The van der Waals surface area contributed by atoms with Crippen molar-refractivity contribution in [2.45, 2.75) is 27.7 Å². The van der Waals surface area contributed by atoms with Gasteiger partial charge in [-0.2, -0.15) is 0 Å². The van der Waals surface area contributed by atoms with E-state index in [0.717, 1.165) is 0 Å². The van der Waals surface area contributed by atoms with Gasteiger partial charge in [0.15, 0.2) is 0 Å². The van der Waals surface area contributed by atoms with Crippen LogP contribution in [0.5, 0.6) is 0 Å². The second-order valence-corrected chi connectivity index (χ2v) is 5.72. The van der Waals surface area contributed by atoms with Gasteiger partial charge in [-0.25, -0.2) is 0 Å². The molecule has 3 heteroatoms. The second-order valence-electron chi connectivity index (χ2n) is 4.93. The molecule has 0 aliphatic heterocycles. The number of esters is 1. The number of allylic oxidation sites excluding steroid dienone is 2. The zero-order valence-electron chi connectivity index (χ0n) is 9.84. The van der Waals surface area contributed by atoms with E-state index >= 15 is 0 Å². The molecule has 1 aliphatic carbocycles. The summed E-state index contributed by atoms with van der Waals surface area (Å²) in [7, 11) is 0. The van der Waals surface area contributed by atoms with Crippen LogP contribution < -0.4 is 0 Å². The molecular formula is C12H19BrO2. The average Bonchev–Trinajstić information content (AvgIpc) is 2.63. The first-order valence-electron chi connectivity index (χ1n) is 5.29. The molecule has 0 aromatic rings. The molecule has 1 fully saturated rings. The van der Waals surface area contributed by atoms with Crippen molar-refractivity contribution in [3.8, 4) is 0 Å². The Labute approximate surface area is 100 Å². The van der Waals surface area contributed by atoms with Crippen LogP contribution in [0.2, 0.25) is 0 Å². The van der Waals surface area contributed by atoms with Gasteiger partial charge in [0, 0.05) is 5.33 Å². The lowest BCUT2D eigenvalue weighted by Gasteiger charge is -2.02. The summed E-state index contributed by atoms with van der Waals surface area (Å²) < 4.78 is 5.15. The van der Waals surface area contributed by atoms with Gasteiger partial charge in [-0.05, 0) is 25.2 Å². The third kappa shape index (κ3) is 2.83. The molecule has 0 spiro atoms. The maximum absolute atomic E-state index is 11.7. The van der Waals surface area contributed by atoms with Gasteiger partial charge < -0.3 is 4.74 Å². The summed E-state index contributed by atoms with van der Waals surface area (Å²) in [5.74, 6) is 0.346. The Balaban J connectivity index is 2.58. The maximum Gasteiger partial charge on any atom is 0.310 e. The highest BCUT2D eigenvalue weighted by Crippen LogP contribution is 2.59. The van der Waals surface area contributed by atoms with Crippen LogP contribution in [0, 0.1) is 17.3 Å². The smallest absolute Gasteiger partial charge is 0.310 e. The molecule has 86 valence electrons. The van der Waals surface area contributed by atoms with Crippen LogP contribution in [0.15, 0.2) is 11.6 Å². The summed E-state index contributed by atoms with van der Waals surface area (Å²) >= 11 is 3.24. The van der Waals surface area contributed by atoms with E-state index in [0.29, 0.717) is 17.9 Å². The summed E-state index contributed by atoms with van der Waals surface area (Å²) in [6.07, 6.45) is 2.18. The van der Waals surface area contributed by atoms with Crippen molar-refractivity contribution in [2.24, 2.45) is 17.3 Å². The average molecular weight is 275 g/mol. The number of carbonyl (C=O) groups is 1. The molecule has 0 N–H and O–H groups in total. The molecule has 0 aromatic heterocycles. The highest BCUT2D eigenvalue weighted by molar-refractivity contribution is 9.09. The molecule has 2 nitrogen and oxygen atoms in total. The summed E-state index contributed by atoms with van der Waals surface area (Å²) in [5.41, 5.74) is 1.34. The molecular weight excluding hydrogens is 256 g/mol. The fourth-order valence-corrected chi connectivity index (χ4v) is 2.19. The van der Waals surface area contributed by atoms with Crippen LogP contribution >= 0.6 is 15.9 Å². The number of hydrogen-bond donors (Lipinski definition) is 0. The lowest BCUT2D eigenvalue weighted by molar-refractivity contribution is -0.145. The predicted molar refractivity (Wildman–Crippen MR) is 64.9 cm³/mol. The molecule has 0 heterocycles. The van der Waals surface area contributed by atoms with Gasteiger partial charge >= 0.3 is 5.97 Å². The number of hydrogen-bond acceptors (Lipinski definition) is 2. The largest absolute Gasteiger partial charge is 0.465 e. The van der Waals surface area contributed by atoms with Gasteiger partial charge in [0.25, 0.3) is 0 Å². The van der Waals surface area contributed by atoms with E-state index in [9.17, 15) is 4.79 Å². The van der Waals surface area contributed by atoms with E-state index in [2.05, 4.69) is 49.7 Å². The second kappa shape index (κ2) is 4.69. The Morgan fingerprint density at radius 1 is 1.47 bits per heavy atom. The van der Waals surface area contributed by atoms with E-state index in [4.69, 9.17) is 4.74 Å². The molecule has 0 radical (unpaired) electrons. The third-order valence-electron chi connectivity index (χ3n) is 3.00. The zero-order chi connectivity index (χ0) is 11.6. The zero-order valence-corrected chi connectivity index (χ0v) is 11.4. The lowest BCUT2D eigenvalue weighted by atomic mass is 10.1. The van der Waals surface area contributed by atoms with Crippen molar-refractivity contribution < 1.29 is 9.53 Å². The van der Waals surface area contributed by atoms with Gasteiger partial charge in [-0.1, -0.05) is 41.4 Å². The maximum atomic E-state index is 11.7. The Bertz CT molecular complexity index is 277. The van der Waals surface area contributed by atoms with Crippen molar-refractivity contribution in [1.29, 1.82) is 0 Å². The molecule has 0 aromatic carbocycles. The molecule has 0 bridgehead atoms. The topological polar surface area (TPSA) is 26.3 Å². The standard InChI is InChI=1S/C12H19BrO2/c1-8(2)7-9-10(12(9,3)4)11(14)15-6-5-13/h7,9-10H,5-6H2,1-4H3/t9-,10+/m0/s1. The fraction of sp³-hybridized carbons (Fsp3) is 0.750. The van der Waals surface area contributed by atoms with Gasteiger partial charge in [-0.3, -0.25) is 4.79 Å². The number of alkyl halides is 1. The molecule has 2 atom stereocenters. The van der Waals surface area contributed by atoms with Gasteiger partial charge in [0.2, 0.25) is 0 Å². The fourth-order valence-electron chi connectivity index (χ4n) is 2.03. The SMILES string of the molecule is CC(C)=C[C@H]1[C@H](C(=O)OCCBr)C1(C)C. The first-order chi connectivity index (χ1) is 6.91. The Hall–Kier alpha value is -0.310.